The quantitative estimate of drug-likeness (QED) is 0.788. The predicted octanol–water partition coefficient (Wildman–Crippen LogP) is 4.99. The lowest BCUT2D eigenvalue weighted by Crippen LogP contribution is -2.14. The maximum Gasteiger partial charge on any atom is 0.225 e. The molecule has 1 aliphatic rings. The smallest absolute Gasteiger partial charge is 0.225 e. The Labute approximate surface area is 139 Å². The molecule has 1 saturated carbocycles. The van der Waals surface area contributed by atoms with E-state index in [1.54, 1.807) is 0 Å². The number of nitrogens with zero attached hydrogens (tertiary/aromatic N) is 2. The van der Waals surface area contributed by atoms with E-state index in [-0.39, 0.29) is 0 Å². The summed E-state index contributed by atoms with van der Waals surface area (Å²) in [7, 11) is 0. The second-order valence-electron chi connectivity index (χ2n) is 6.11. The van der Waals surface area contributed by atoms with Gasteiger partial charge in [-0.05, 0) is 51.3 Å². The third kappa shape index (κ3) is 3.58. The molecule has 0 atom stereocenters. The Morgan fingerprint density at radius 2 is 2.00 bits per heavy atom. The van der Waals surface area contributed by atoms with Crippen molar-refractivity contribution in [2.45, 2.75) is 45.6 Å². The van der Waals surface area contributed by atoms with Gasteiger partial charge in [-0.3, -0.25) is 0 Å². The first-order valence-electron chi connectivity index (χ1n) is 7.70. The van der Waals surface area contributed by atoms with Gasteiger partial charge in [0, 0.05) is 28.2 Å². The summed E-state index contributed by atoms with van der Waals surface area (Å²) in [6, 6.07) is 8.52. The molecular weight excluding hydrogens is 340 g/mol. The van der Waals surface area contributed by atoms with Gasteiger partial charge in [0.15, 0.2) is 0 Å². The zero-order chi connectivity index (χ0) is 15.7. The molecule has 2 N–H and O–H groups in total. The van der Waals surface area contributed by atoms with Crippen molar-refractivity contribution in [3.8, 4) is 0 Å². The van der Waals surface area contributed by atoms with Crippen molar-refractivity contribution in [1.82, 2.24) is 9.97 Å². The number of hydrogen-bond acceptors (Lipinski definition) is 4. The molecule has 2 aromatic rings. The largest absolute Gasteiger partial charge is 0.352 e. The lowest BCUT2D eigenvalue weighted by atomic mass is 10.2. The maximum atomic E-state index is 4.65. The molecule has 3 rings (SSSR count). The molecule has 0 radical (unpaired) electrons. The molecule has 0 saturated heterocycles. The average Bonchev–Trinajstić information content (AvgIpc) is 3.27. The van der Waals surface area contributed by atoms with E-state index in [0.717, 1.165) is 21.7 Å². The van der Waals surface area contributed by atoms with Crippen LogP contribution in [0.1, 0.15) is 43.9 Å². The van der Waals surface area contributed by atoms with Crippen LogP contribution in [0.4, 0.5) is 17.5 Å². The molecule has 1 aromatic heterocycles. The number of anilines is 3. The van der Waals surface area contributed by atoms with Crippen LogP contribution in [0, 0.1) is 6.92 Å². The standard InChI is InChI=1S/C17H21BrN4/c1-10(2)19-17-21-15(12-7-8-12)9-16(22-17)20-14-6-4-5-13(18)11(14)3/h4-6,9-10,12H,7-8H2,1-3H3,(H2,19,20,21,22). The summed E-state index contributed by atoms with van der Waals surface area (Å²) in [5, 5.41) is 6.74. The minimum absolute atomic E-state index is 0.315. The van der Waals surface area contributed by atoms with E-state index in [4.69, 9.17) is 0 Å². The molecular formula is C17H21BrN4. The van der Waals surface area contributed by atoms with E-state index in [1.165, 1.54) is 18.4 Å². The van der Waals surface area contributed by atoms with E-state index >= 15 is 0 Å². The molecule has 22 heavy (non-hydrogen) atoms. The SMILES string of the molecule is Cc1c(Br)cccc1Nc1cc(C2CC2)nc(NC(C)C)n1. The second kappa shape index (κ2) is 6.24. The first-order chi connectivity index (χ1) is 10.5. The van der Waals surface area contributed by atoms with E-state index in [0.29, 0.717) is 17.9 Å². The lowest BCUT2D eigenvalue weighted by Gasteiger charge is -2.14. The Morgan fingerprint density at radius 1 is 1.23 bits per heavy atom. The van der Waals surface area contributed by atoms with Crippen molar-refractivity contribution in [3.63, 3.8) is 0 Å². The van der Waals surface area contributed by atoms with Gasteiger partial charge in [-0.1, -0.05) is 22.0 Å². The third-order valence-electron chi connectivity index (χ3n) is 3.69. The Hall–Kier alpha value is -1.62. The predicted molar refractivity (Wildman–Crippen MR) is 94.9 cm³/mol. The molecule has 0 amide bonds. The van der Waals surface area contributed by atoms with E-state index in [9.17, 15) is 0 Å². The highest BCUT2D eigenvalue weighted by atomic mass is 79.9. The fraction of sp³-hybridized carbons (Fsp3) is 0.412. The van der Waals surface area contributed by atoms with Gasteiger partial charge >= 0.3 is 0 Å². The van der Waals surface area contributed by atoms with E-state index in [2.05, 4.69) is 69.4 Å². The van der Waals surface area contributed by atoms with Gasteiger partial charge in [-0.15, -0.1) is 0 Å². The number of benzene rings is 1. The van der Waals surface area contributed by atoms with Crippen molar-refractivity contribution in [3.05, 3.63) is 40.0 Å². The van der Waals surface area contributed by atoms with Crippen LogP contribution in [0.25, 0.3) is 0 Å². The Bertz CT molecular complexity index is 680. The molecule has 5 heteroatoms. The van der Waals surface area contributed by atoms with Gasteiger partial charge in [-0.2, -0.15) is 4.98 Å². The zero-order valence-electron chi connectivity index (χ0n) is 13.2. The minimum Gasteiger partial charge on any atom is -0.352 e. The minimum atomic E-state index is 0.315. The van der Waals surface area contributed by atoms with Crippen molar-refractivity contribution in [2.75, 3.05) is 10.6 Å². The highest BCUT2D eigenvalue weighted by Gasteiger charge is 2.26. The third-order valence-corrected chi connectivity index (χ3v) is 4.55. The van der Waals surface area contributed by atoms with Crippen molar-refractivity contribution in [1.29, 1.82) is 0 Å². The summed E-state index contributed by atoms with van der Waals surface area (Å²) in [4.78, 5) is 9.25. The summed E-state index contributed by atoms with van der Waals surface area (Å²) in [5.74, 6) is 2.15. The number of rotatable bonds is 5. The molecule has 1 heterocycles. The first kappa shape index (κ1) is 15.3. The molecule has 0 aliphatic heterocycles. The van der Waals surface area contributed by atoms with E-state index in [1.807, 2.05) is 12.1 Å². The summed E-state index contributed by atoms with van der Waals surface area (Å²) in [5.41, 5.74) is 3.37. The highest BCUT2D eigenvalue weighted by Crippen LogP contribution is 2.40. The fourth-order valence-electron chi connectivity index (χ4n) is 2.32. The Balaban J connectivity index is 1.91. The summed E-state index contributed by atoms with van der Waals surface area (Å²) in [6.07, 6.45) is 2.46. The number of halogens is 1. The number of aromatic nitrogens is 2. The molecule has 1 aromatic carbocycles. The molecule has 1 aliphatic carbocycles. The maximum absolute atomic E-state index is 4.65. The van der Waals surface area contributed by atoms with E-state index < -0.39 is 0 Å². The molecule has 4 nitrogen and oxygen atoms in total. The molecule has 0 spiro atoms. The second-order valence-corrected chi connectivity index (χ2v) is 6.97. The normalized spacial score (nSPS) is 14.2. The fourth-order valence-corrected chi connectivity index (χ4v) is 2.69. The highest BCUT2D eigenvalue weighted by molar-refractivity contribution is 9.10. The number of hydrogen-bond donors (Lipinski definition) is 2. The average molecular weight is 361 g/mol. The zero-order valence-corrected chi connectivity index (χ0v) is 14.7. The van der Waals surface area contributed by atoms with Crippen LogP contribution in [0.5, 0.6) is 0 Å². The topological polar surface area (TPSA) is 49.8 Å². The first-order valence-corrected chi connectivity index (χ1v) is 8.50. The Morgan fingerprint density at radius 3 is 2.68 bits per heavy atom. The summed E-state index contributed by atoms with van der Waals surface area (Å²) in [6.45, 7) is 6.28. The Kier molecular flexibility index (Phi) is 4.34. The van der Waals surface area contributed by atoms with Crippen molar-refractivity contribution >= 4 is 33.4 Å². The van der Waals surface area contributed by atoms with Crippen molar-refractivity contribution in [2.24, 2.45) is 0 Å². The summed E-state index contributed by atoms with van der Waals surface area (Å²) >= 11 is 3.57. The lowest BCUT2D eigenvalue weighted by molar-refractivity contribution is 0.864. The molecule has 0 bridgehead atoms. The van der Waals surface area contributed by atoms with Gasteiger partial charge < -0.3 is 10.6 Å². The molecule has 1 fully saturated rings. The van der Waals surface area contributed by atoms with Gasteiger partial charge in [0.1, 0.15) is 5.82 Å². The van der Waals surface area contributed by atoms with Crippen LogP contribution in [0.15, 0.2) is 28.7 Å². The molecule has 0 unspecified atom stereocenters. The van der Waals surface area contributed by atoms with Gasteiger partial charge in [0.05, 0.1) is 5.69 Å². The van der Waals surface area contributed by atoms with Crippen LogP contribution in [-0.4, -0.2) is 16.0 Å². The van der Waals surface area contributed by atoms with Crippen LogP contribution in [0.2, 0.25) is 0 Å². The molecule has 116 valence electrons. The van der Waals surface area contributed by atoms with Gasteiger partial charge in [0.2, 0.25) is 5.95 Å². The van der Waals surface area contributed by atoms with Crippen LogP contribution >= 0.6 is 15.9 Å². The van der Waals surface area contributed by atoms with Gasteiger partial charge in [-0.25, -0.2) is 4.98 Å². The summed E-state index contributed by atoms with van der Waals surface area (Å²) < 4.78 is 1.09. The van der Waals surface area contributed by atoms with Gasteiger partial charge in [0.25, 0.3) is 0 Å². The van der Waals surface area contributed by atoms with Crippen LogP contribution in [-0.2, 0) is 0 Å². The van der Waals surface area contributed by atoms with Crippen LogP contribution < -0.4 is 10.6 Å². The van der Waals surface area contributed by atoms with Crippen molar-refractivity contribution < 1.29 is 0 Å². The number of nitrogens with one attached hydrogen (secondary N) is 2. The van der Waals surface area contributed by atoms with Crippen LogP contribution in [0.3, 0.4) is 0 Å². The monoisotopic (exact) mass is 360 g/mol.